The average Bonchev–Trinajstić information content (AvgIpc) is 2.99. The Bertz CT molecular complexity index is 983. The van der Waals surface area contributed by atoms with Crippen LogP contribution >= 0.6 is 11.8 Å². The molecule has 29 heavy (non-hydrogen) atoms. The standard InChI is InChI=1S/C22H21N3O3S/c1-15-7-2-5-10-18(15)23-22-24(12-6-14-29-22)19(26)11-13-25-20(27)16-8-3-4-9-17(16)21(25)28/h2-5,7-10H,6,11-14H2,1H3. The summed E-state index contributed by atoms with van der Waals surface area (Å²) in [5, 5.41) is 0.679. The van der Waals surface area contributed by atoms with E-state index >= 15 is 0 Å². The molecule has 2 heterocycles. The second-order valence-corrected chi connectivity index (χ2v) is 8.05. The highest BCUT2D eigenvalue weighted by Crippen LogP contribution is 2.26. The number of fused-ring (bicyclic) bond motifs is 1. The molecule has 0 atom stereocenters. The van der Waals surface area contributed by atoms with E-state index in [0.717, 1.165) is 28.3 Å². The van der Waals surface area contributed by atoms with Gasteiger partial charge in [-0.05, 0) is 37.1 Å². The van der Waals surface area contributed by atoms with E-state index in [9.17, 15) is 14.4 Å². The number of hydrogen-bond donors (Lipinski definition) is 0. The number of nitrogens with zero attached hydrogens (tertiary/aromatic N) is 3. The molecule has 2 aliphatic rings. The lowest BCUT2D eigenvalue weighted by Crippen LogP contribution is -2.41. The minimum Gasteiger partial charge on any atom is -0.291 e. The fourth-order valence-electron chi connectivity index (χ4n) is 3.46. The van der Waals surface area contributed by atoms with Crippen molar-refractivity contribution in [1.82, 2.24) is 9.80 Å². The van der Waals surface area contributed by atoms with Crippen LogP contribution in [0.3, 0.4) is 0 Å². The molecule has 0 N–H and O–H groups in total. The molecule has 6 nitrogen and oxygen atoms in total. The Morgan fingerprint density at radius 1 is 1.03 bits per heavy atom. The number of para-hydroxylation sites is 1. The Labute approximate surface area is 173 Å². The molecule has 3 amide bonds. The lowest BCUT2D eigenvalue weighted by molar-refractivity contribution is -0.127. The van der Waals surface area contributed by atoms with Crippen molar-refractivity contribution in [3.8, 4) is 0 Å². The summed E-state index contributed by atoms with van der Waals surface area (Å²) in [6.07, 6.45) is 0.967. The number of rotatable bonds is 4. The van der Waals surface area contributed by atoms with Gasteiger partial charge in [-0.3, -0.25) is 24.2 Å². The zero-order valence-electron chi connectivity index (χ0n) is 16.1. The first-order chi connectivity index (χ1) is 14.1. The number of benzene rings is 2. The van der Waals surface area contributed by atoms with E-state index in [2.05, 4.69) is 0 Å². The van der Waals surface area contributed by atoms with Gasteiger partial charge in [0.15, 0.2) is 5.17 Å². The van der Waals surface area contributed by atoms with Crippen molar-refractivity contribution in [3.05, 3.63) is 65.2 Å². The zero-order valence-corrected chi connectivity index (χ0v) is 16.9. The van der Waals surface area contributed by atoms with Crippen molar-refractivity contribution in [2.45, 2.75) is 19.8 Å². The zero-order chi connectivity index (χ0) is 20.4. The molecule has 4 rings (SSSR count). The average molecular weight is 407 g/mol. The maximum absolute atomic E-state index is 12.9. The first kappa shape index (κ1) is 19.4. The summed E-state index contributed by atoms with van der Waals surface area (Å²) in [7, 11) is 0. The molecule has 0 radical (unpaired) electrons. The maximum Gasteiger partial charge on any atom is 0.261 e. The summed E-state index contributed by atoms with van der Waals surface area (Å²) >= 11 is 1.56. The van der Waals surface area contributed by atoms with E-state index in [1.807, 2.05) is 31.2 Å². The van der Waals surface area contributed by atoms with E-state index in [-0.39, 0.29) is 30.7 Å². The largest absolute Gasteiger partial charge is 0.291 e. The number of amides is 3. The second-order valence-electron chi connectivity index (χ2n) is 6.99. The van der Waals surface area contributed by atoms with Crippen LogP contribution in [0.25, 0.3) is 0 Å². The number of carbonyl (C=O) groups excluding carboxylic acids is 3. The minimum atomic E-state index is -0.333. The highest BCUT2D eigenvalue weighted by molar-refractivity contribution is 8.13. The third-order valence-corrected chi connectivity index (χ3v) is 6.11. The van der Waals surface area contributed by atoms with E-state index < -0.39 is 0 Å². The van der Waals surface area contributed by atoms with Gasteiger partial charge in [-0.15, -0.1) is 0 Å². The molecular weight excluding hydrogens is 386 g/mol. The van der Waals surface area contributed by atoms with E-state index in [0.29, 0.717) is 22.8 Å². The number of imide groups is 1. The van der Waals surface area contributed by atoms with E-state index in [1.165, 1.54) is 0 Å². The van der Waals surface area contributed by atoms with Gasteiger partial charge in [0.1, 0.15) is 0 Å². The van der Waals surface area contributed by atoms with E-state index in [4.69, 9.17) is 4.99 Å². The molecule has 0 aliphatic carbocycles. The summed E-state index contributed by atoms with van der Waals surface area (Å²) in [6, 6.07) is 14.6. The molecular formula is C22H21N3O3S. The summed E-state index contributed by atoms with van der Waals surface area (Å²) in [5.41, 5.74) is 2.69. The highest BCUT2D eigenvalue weighted by Gasteiger charge is 2.35. The molecule has 0 spiro atoms. The first-order valence-corrected chi connectivity index (χ1v) is 10.6. The van der Waals surface area contributed by atoms with Crippen molar-refractivity contribution in [3.63, 3.8) is 0 Å². The molecule has 0 bridgehead atoms. The summed E-state index contributed by atoms with van der Waals surface area (Å²) < 4.78 is 0. The van der Waals surface area contributed by atoms with Crippen LogP contribution < -0.4 is 0 Å². The van der Waals surface area contributed by atoms with Crippen LogP contribution in [0.4, 0.5) is 5.69 Å². The lowest BCUT2D eigenvalue weighted by Gasteiger charge is -2.28. The van der Waals surface area contributed by atoms with Crippen LogP contribution in [0.5, 0.6) is 0 Å². The van der Waals surface area contributed by atoms with Crippen molar-refractivity contribution < 1.29 is 14.4 Å². The number of aryl methyl sites for hydroxylation is 1. The van der Waals surface area contributed by atoms with Crippen molar-refractivity contribution >= 4 is 40.3 Å². The van der Waals surface area contributed by atoms with Gasteiger partial charge >= 0.3 is 0 Å². The van der Waals surface area contributed by atoms with Crippen molar-refractivity contribution in [2.75, 3.05) is 18.8 Å². The monoisotopic (exact) mass is 407 g/mol. The second kappa shape index (κ2) is 8.21. The molecule has 0 aromatic heterocycles. The van der Waals surface area contributed by atoms with Gasteiger partial charge in [0.25, 0.3) is 11.8 Å². The Kier molecular flexibility index (Phi) is 5.49. The van der Waals surface area contributed by atoms with Gasteiger partial charge in [0, 0.05) is 25.3 Å². The molecule has 2 aliphatic heterocycles. The number of carbonyl (C=O) groups is 3. The van der Waals surface area contributed by atoms with Gasteiger partial charge in [-0.1, -0.05) is 42.1 Å². The maximum atomic E-state index is 12.9. The van der Waals surface area contributed by atoms with Gasteiger partial charge in [-0.2, -0.15) is 0 Å². The number of amidine groups is 1. The Morgan fingerprint density at radius 2 is 1.69 bits per heavy atom. The Balaban J connectivity index is 1.47. The Hall–Kier alpha value is -2.93. The van der Waals surface area contributed by atoms with Gasteiger partial charge < -0.3 is 0 Å². The van der Waals surface area contributed by atoms with Crippen LogP contribution in [-0.2, 0) is 4.79 Å². The van der Waals surface area contributed by atoms with Crippen LogP contribution in [0.1, 0.15) is 39.1 Å². The van der Waals surface area contributed by atoms with Crippen LogP contribution in [0, 0.1) is 6.92 Å². The van der Waals surface area contributed by atoms with Crippen molar-refractivity contribution in [2.24, 2.45) is 4.99 Å². The SMILES string of the molecule is Cc1ccccc1N=C1SCCCN1C(=O)CCN1C(=O)c2ccccc2C1=O. The van der Waals surface area contributed by atoms with Crippen molar-refractivity contribution in [1.29, 1.82) is 0 Å². The Morgan fingerprint density at radius 3 is 2.38 bits per heavy atom. The van der Waals surface area contributed by atoms with Gasteiger partial charge in [-0.25, -0.2) is 4.99 Å². The smallest absolute Gasteiger partial charge is 0.261 e. The van der Waals surface area contributed by atoms with Crippen LogP contribution in [0.15, 0.2) is 53.5 Å². The highest BCUT2D eigenvalue weighted by atomic mass is 32.2. The summed E-state index contributed by atoms with van der Waals surface area (Å²) in [5.74, 6) is 0.119. The number of hydrogen-bond acceptors (Lipinski definition) is 5. The quantitative estimate of drug-likeness (QED) is 0.726. The fourth-order valence-corrected chi connectivity index (χ4v) is 4.43. The first-order valence-electron chi connectivity index (χ1n) is 9.59. The summed E-state index contributed by atoms with van der Waals surface area (Å²) in [6.45, 7) is 2.66. The lowest BCUT2D eigenvalue weighted by atomic mass is 10.1. The molecule has 7 heteroatoms. The molecule has 2 aromatic rings. The van der Waals surface area contributed by atoms with Crippen LogP contribution in [-0.4, -0.2) is 51.5 Å². The predicted octanol–water partition coefficient (Wildman–Crippen LogP) is 3.63. The molecule has 0 saturated carbocycles. The molecule has 0 unspecified atom stereocenters. The fraction of sp³-hybridized carbons (Fsp3) is 0.273. The number of thioether (sulfide) groups is 1. The third-order valence-electron chi connectivity index (χ3n) is 5.05. The van der Waals surface area contributed by atoms with Gasteiger partial charge in [0.2, 0.25) is 5.91 Å². The predicted molar refractivity (Wildman–Crippen MR) is 113 cm³/mol. The third kappa shape index (κ3) is 3.82. The topological polar surface area (TPSA) is 70.1 Å². The normalized spacial score (nSPS) is 17.8. The molecule has 1 saturated heterocycles. The van der Waals surface area contributed by atoms with Gasteiger partial charge in [0.05, 0.1) is 16.8 Å². The molecule has 148 valence electrons. The summed E-state index contributed by atoms with van der Waals surface area (Å²) in [4.78, 5) is 45.4. The molecule has 1 fully saturated rings. The van der Waals surface area contributed by atoms with Crippen LogP contribution in [0.2, 0.25) is 0 Å². The number of aliphatic imine (C=N–C) groups is 1. The minimum absolute atomic E-state index is 0.0734. The van der Waals surface area contributed by atoms with E-state index in [1.54, 1.807) is 40.9 Å². The molecule has 2 aromatic carbocycles.